The fraction of sp³-hybridized carbons (Fsp3) is 0.409. The summed E-state index contributed by atoms with van der Waals surface area (Å²) in [6.45, 7) is 5.95. The average Bonchev–Trinajstić information content (AvgIpc) is 3.11. The molecule has 2 atom stereocenters. The van der Waals surface area contributed by atoms with Crippen LogP contribution in [0, 0.1) is 5.92 Å². The summed E-state index contributed by atoms with van der Waals surface area (Å²) in [7, 11) is 0. The minimum atomic E-state index is -0.526. The Morgan fingerprint density at radius 2 is 1.67 bits per heavy atom. The van der Waals surface area contributed by atoms with E-state index in [0.717, 1.165) is 16.9 Å². The number of hydrogen-bond donors (Lipinski definition) is 1. The van der Waals surface area contributed by atoms with Crippen molar-refractivity contribution in [3.63, 3.8) is 0 Å². The number of benzene rings is 2. The molecule has 1 aliphatic heterocycles. The van der Waals surface area contributed by atoms with Crippen molar-refractivity contribution in [1.82, 2.24) is 5.32 Å². The van der Waals surface area contributed by atoms with Crippen molar-refractivity contribution in [2.24, 2.45) is 5.92 Å². The molecule has 2 aromatic carbocycles. The summed E-state index contributed by atoms with van der Waals surface area (Å²) in [5, 5.41) is 2.84. The fourth-order valence-electron chi connectivity index (χ4n) is 3.28. The fourth-order valence-corrected chi connectivity index (χ4v) is 4.35. The van der Waals surface area contributed by atoms with Crippen LogP contribution in [0.2, 0.25) is 0 Å². The monoisotopic (exact) mass is 385 g/mol. The maximum atomic E-state index is 13.0. The van der Waals surface area contributed by atoms with Crippen LogP contribution in [0.4, 0.5) is 0 Å². The molecule has 0 saturated carbocycles. The smallest absolute Gasteiger partial charge is 0.238 e. The molecule has 1 fully saturated rings. The first-order valence-electron chi connectivity index (χ1n) is 9.38. The zero-order valence-corrected chi connectivity index (χ0v) is 16.7. The third-order valence-corrected chi connectivity index (χ3v) is 5.85. The summed E-state index contributed by atoms with van der Waals surface area (Å²) >= 11 is 1.57. The zero-order valence-electron chi connectivity index (χ0n) is 15.9. The van der Waals surface area contributed by atoms with E-state index < -0.39 is 5.79 Å². The quantitative estimate of drug-likeness (QED) is 0.683. The summed E-state index contributed by atoms with van der Waals surface area (Å²) in [5.74, 6) is -0.239. The van der Waals surface area contributed by atoms with E-state index in [2.05, 4.69) is 12.2 Å². The van der Waals surface area contributed by atoms with Crippen LogP contribution in [0.1, 0.15) is 31.1 Å². The van der Waals surface area contributed by atoms with Gasteiger partial charge in [0.25, 0.3) is 0 Å². The van der Waals surface area contributed by atoms with E-state index in [1.807, 2.05) is 67.6 Å². The molecule has 0 aromatic heterocycles. The van der Waals surface area contributed by atoms with Crippen molar-refractivity contribution in [2.75, 3.05) is 19.8 Å². The van der Waals surface area contributed by atoms with Gasteiger partial charge in [-0.2, -0.15) is 0 Å². The lowest BCUT2D eigenvalue weighted by molar-refractivity contribution is -0.154. The third kappa shape index (κ3) is 5.83. The largest absolute Gasteiger partial charge is 0.355 e. The molecule has 2 unspecified atom stereocenters. The summed E-state index contributed by atoms with van der Waals surface area (Å²) in [5.41, 5.74) is 1.01. The van der Waals surface area contributed by atoms with Crippen LogP contribution in [-0.4, -0.2) is 31.5 Å². The van der Waals surface area contributed by atoms with E-state index in [1.54, 1.807) is 11.8 Å². The maximum Gasteiger partial charge on any atom is 0.238 e. The number of rotatable bonds is 8. The summed E-state index contributed by atoms with van der Waals surface area (Å²) in [4.78, 5) is 14.1. The van der Waals surface area contributed by atoms with Crippen LogP contribution in [0.25, 0.3) is 0 Å². The normalized spacial score (nSPS) is 18.0. The second kappa shape index (κ2) is 9.40. The molecular weight excluding hydrogens is 358 g/mol. The SMILES string of the molecule is CC(CNC(=O)C(Sc1ccccc1)c1ccccc1)CC1(C)OCCO1. The number of ether oxygens (including phenoxy) is 2. The molecule has 0 spiro atoms. The Bertz CT molecular complexity index is 717. The van der Waals surface area contributed by atoms with Gasteiger partial charge in [-0.05, 0) is 30.5 Å². The highest BCUT2D eigenvalue weighted by atomic mass is 32.2. The van der Waals surface area contributed by atoms with Crippen LogP contribution in [0.15, 0.2) is 65.6 Å². The van der Waals surface area contributed by atoms with Gasteiger partial charge in [0.05, 0.1) is 13.2 Å². The lowest BCUT2D eigenvalue weighted by Crippen LogP contribution is -2.35. The van der Waals surface area contributed by atoms with Gasteiger partial charge in [-0.1, -0.05) is 55.5 Å². The van der Waals surface area contributed by atoms with E-state index in [9.17, 15) is 4.79 Å². The molecule has 0 bridgehead atoms. The van der Waals surface area contributed by atoms with Crippen molar-refractivity contribution < 1.29 is 14.3 Å². The number of nitrogens with one attached hydrogen (secondary N) is 1. The molecule has 1 amide bonds. The van der Waals surface area contributed by atoms with Crippen LogP contribution in [0.3, 0.4) is 0 Å². The van der Waals surface area contributed by atoms with E-state index in [4.69, 9.17) is 9.47 Å². The van der Waals surface area contributed by atoms with Gasteiger partial charge in [-0.25, -0.2) is 0 Å². The predicted molar refractivity (Wildman–Crippen MR) is 109 cm³/mol. The second-order valence-electron chi connectivity index (χ2n) is 7.11. The Kier molecular flexibility index (Phi) is 6.94. The van der Waals surface area contributed by atoms with Crippen molar-refractivity contribution >= 4 is 17.7 Å². The summed E-state index contributed by atoms with van der Waals surface area (Å²) in [6.07, 6.45) is 0.759. The molecule has 2 aromatic rings. The minimum Gasteiger partial charge on any atom is -0.355 e. The van der Waals surface area contributed by atoms with Gasteiger partial charge in [-0.3, -0.25) is 4.79 Å². The van der Waals surface area contributed by atoms with E-state index in [1.165, 1.54) is 0 Å². The highest BCUT2D eigenvalue weighted by Gasteiger charge is 2.33. The Hall–Kier alpha value is -1.82. The average molecular weight is 386 g/mol. The second-order valence-corrected chi connectivity index (χ2v) is 8.29. The molecule has 144 valence electrons. The Morgan fingerprint density at radius 1 is 1.07 bits per heavy atom. The molecule has 1 N–H and O–H groups in total. The standard InChI is InChI=1S/C22H27NO3S/c1-17(15-22(2)25-13-14-26-22)16-23-21(24)20(18-9-5-3-6-10-18)27-19-11-7-4-8-12-19/h3-12,17,20H,13-16H2,1-2H3,(H,23,24). The lowest BCUT2D eigenvalue weighted by Gasteiger charge is -2.26. The molecule has 4 nitrogen and oxygen atoms in total. The lowest BCUT2D eigenvalue weighted by atomic mass is 10.0. The number of carbonyl (C=O) groups is 1. The number of carbonyl (C=O) groups excluding carboxylic acids is 1. The van der Waals surface area contributed by atoms with Crippen molar-refractivity contribution in [2.45, 2.75) is 36.2 Å². The van der Waals surface area contributed by atoms with Crippen LogP contribution < -0.4 is 5.32 Å². The van der Waals surface area contributed by atoms with Gasteiger partial charge in [0.15, 0.2) is 5.79 Å². The highest BCUT2D eigenvalue weighted by Crippen LogP contribution is 2.35. The Labute approximate surface area is 165 Å². The first-order chi connectivity index (χ1) is 13.1. The predicted octanol–water partition coefficient (Wildman–Crippen LogP) is 4.43. The van der Waals surface area contributed by atoms with Gasteiger partial charge in [0.1, 0.15) is 5.25 Å². The van der Waals surface area contributed by atoms with Crippen molar-refractivity contribution in [3.05, 3.63) is 66.2 Å². The molecule has 1 aliphatic rings. The van der Waals surface area contributed by atoms with Gasteiger partial charge < -0.3 is 14.8 Å². The molecule has 1 heterocycles. The molecule has 5 heteroatoms. The van der Waals surface area contributed by atoms with Gasteiger partial charge in [0.2, 0.25) is 5.91 Å². The molecule has 3 rings (SSSR count). The molecule has 0 radical (unpaired) electrons. The number of thioether (sulfide) groups is 1. The molecule has 0 aliphatic carbocycles. The molecule has 27 heavy (non-hydrogen) atoms. The van der Waals surface area contributed by atoms with Gasteiger partial charge >= 0.3 is 0 Å². The first-order valence-corrected chi connectivity index (χ1v) is 10.3. The van der Waals surface area contributed by atoms with Crippen molar-refractivity contribution in [1.29, 1.82) is 0 Å². The van der Waals surface area contributed by atoms with Crippen LogP contribution >= 0.6 is 11.8 Å². The Morgan fingerprint density at radius 3 is 2.30 bits per heavy atom. The van der Waals surface area contributed by atoms with E-state index >= 15 is 0 Å². The maximum absolute atomic E-state index is 13.0. The van der Waals surface area contributed by atoms with Gasteiger partial charge in [-0.15, -0.1) is 11.8 Å². The van der Waals surface area contributed by atoms with Crippen LogP contribution in [-0.2, 0) is 14.3 Å². The zero-order chi connectivity index (χ0) is 19.1. The van der Waals surface area contributed by atoms with Gasteiger partial charge in [0, 0.05) is 17.9 Å². The van der Waals surface area contributed by atoms with E-state index in [-0.39, 0.29) is 17.1 Å². The minimum absolute atomic E-state index is 0.0281. The summed E-state index contributed by atoms with van der Waals surface area (Å²) < 4.78 is 11.3. The highest BCUT2D eigenvalue weighted by molar-refractivity contribution is 8.00. The number of hydrogen-bond acceptors (Lipinski definition) is 4. The topological polar surface area (TPSA) is 47.6 Å². The summed E-state index contributed by atoms with van der Waals surface area (Å²) in [6, 6.07) is 20.0. The Balaban J connectivity index is 1.62. The molecular formula is C22H27NO3S. The number of amides is 1. The van der Waals surface area contributed by atoms with Crippen molar-refractivity contribution in [3.8, 4) is 0 Å². The van der Waals surface area contributed by atoms with E-state index in [0.29, 0.717) is 19.8 Å². The first kappa shape index (κ1) is 19.9. The van der Waals surface area contributed by atoms with Crippen LogP contribution in [0.5, 0.6) is 0 Å². The third-order valence-electron chi connectivity index (χ3n) is 4.58. The molecule has 1 saturated heterocycles.